The van der Waals surface area contributed by atoms with Crippen molar-refractivity contribution in [1.29, 1.82) is 0 Å². The van der Waals surface area contributed by atoms with E-state index in [0.717, 1.165) is 0 Å². The molecule has 2 aromatic rings. The Morgan fingerprint density at radius 1 is 1.09 bits per heavy atom. The number of carbonyl (C=O) groups excluding carboxylic acids is 2. The van der Waals surface area contributed by atoms with Gasteiger partial charge in [0.25, 0.3) is 0 Å². The number of rotatable bonds is 5. The number of phenols is 1. The summed E-state index contributed by atoms with van der Waals surface area (Å²) < 4.78 is 13.4. The Morgan fingerprint density at radius 2 is 1.78 bits per heavy atom. The molecule has 0 unspecified atom stereocenters. The third kappa shape index (κ3) is 4.92. The highest BCUT2D eigenvalue weighted by Gasteiger charge is 2.10. The van der Waals surface area contributed by atoms with Crippen molar-refractivity contribution in [3.8, 4) is 5.75 Å². The van der Waals surface area contributed by atoms with Gasteiger partial charge in [-0.1, -0.05) is 24.3 Å². The summed E-state index contributed by atoms with van der Waals surface area (Å²) in [5.41, 5.74) is 2.58. The standard InChI is InChI=1S/C16H14FN3O3/c17-12-6-2-3-7-13(12)19-15(22)9-16(23)20-18-10-11-5-1-4-8-14(11)21/h1-8,10,21H,9H2,(H,19,22)(H,20,23). The maximum Gasteiger partial charge on any atom is 0.249 e. The van der Waals surface area contributed by atoms with Crippen LogP contribution in [-0.2, 0) is 9.59 Å². The molecule has 118 valence electrons. The molecule has 0 aromatic heterocycles. The van der Waals surface area contributed by atoms with Crippen LogP contribution in [0.15, 0.2) is 53.6 Å². The van der Waals surface area contributed by atoms with Crippen molar-refractivity contribution in [1.82, 2.24) is 5.43 Å². The van der Waals surface area contributed by atoms with Crippen molar-refractivity contribution in [2.75, 3.05) is 5.32 Å². The second-order valence-corrected chi connectivity index (χ2v) is 4.56. The lowest BCUT2D eigenvalue weighted by Gasteiger charge is -2.05. The molecule has 6 nitrogen and oxygen atoms in total. The lowest BCUT2D eigenvalue weighted by molar-refractivity contribution is -0.126. The van der Waals surface area contributed by atoms with Crippen molar-refractivity contribution in [3.05, 3.63) is 59.9 Å². The summed E-state index contributed by atoms with van der Waals surface area (Å²) in [5, 5.41) is 15.4. The Hall–Kier alpha value is -3.22. The van der Waals surface area contributed by atoms with Gasteiger partial charge in [0.05, 0.1) is 11.9 Å². The first-order chi connectivity index (χ1) is 11.1. The molecule has 23 heavy (non-hydrogen) atoms. The molecule has 3 N–H and O–H groups in total. The van der Waals surface area contributed by atoms with E-state index in [2.05, 4.69) is 15.8 Å². The van der Waals surface area contributed by atoms with E-state index < -0.39 is 24.1 Å². The zero-order valence-electron chi connectivity index (χ0n) is 12.0. The summed E-state index contributed by atoms with van der Waals surface area (Å²) in [6, 6.07) is 12.1. The van der Waals surface area contributed by atoms with E-state index in [-0.39, 0.29) is 11.4 Å². The lowest BCUT2D eigenvalue weighted by atomic mass is 10.2. The van der Waals surface area contributed by atoms with Crippen LogP contribution in [0.5, 0.6) is 5.75 Å². The number of aromatic hydroxyl groups is 1. The van der Waals surface area contributed by atoms with Gasteiger partial charge in [0.2, 0.25) is 11.8 Å². The van der Waals surface area contributed by atoms with Crippen LogP contribution < -0.4 is 10.7 Å². The summed E-state index contributed by atoms with van der Waals surface area (Å²) >= 11 is 0. The largest absolute Gasteiger partial charge is 0.507 e. The summed E-state index contributed by atoms with van der Waals surface area (Å²) in [5.74, 6) is -1.89. The fourth-order valence-electron chi connectivity index (χ4n) is 1.71. The molecule has 0 saturated heterocycles. The second kappa shape index (κ2) is 7.69. The normalized spacial score (nSPS) is 10.5. The predicted molar refractivity (Wildman–Crippen MR) is 83.5 cm³/mol. The maximum absolute atomic E-state index is 13.4. The molecular formula is C16H14FN3O3. The minimum absolute atomic E-state index is 0.00279. The number of amides is 2. The summed E-state index contributed by atoms with van der Waals surface area (Å²) in [6.07, 6.45) is 0.744. The second-order valence-electron chi connectivity index (χ2n) is 4.56. The third-order valence-corrected chi connectivity index (χ3v) is 2.80. The van der Waals surface area contributed by atoms with Gasteiger partial charge in [0.1, 0.15) is 18.0 Å². The summed E-state index contributed by atoms with van der Waals surface area (Å²) in [7, 11) is 0. The molecule has 2 amide bonds. The van der Waals surface area contributed by atoms with Crippen molar-refractivity contribution in [2.24, 2.45) is 5.10 Å². The van der Waals surface area contributed by atoms with E-state index in [1.807, 2.05) is 0 Å². The summed E-state index contributed by atoms with van der Waals surface area (Å²) in [4.78, 5) is 23.2. The quantitative estimate of drug-likeness (QED) is 0.448. The highest BCUT2D eigenvalue weighted by atomic mass is 19.1. The predicted octanol–water partition coefficient (Wildman–Crippen LogP) is 2.01. The average molecular weight is 315 g/mol. The Labute approximate surface area is 131 Å². The number of phenolic OH excluding ortho intramolecular Hbond substituents is 1. The molecule has 7 heteroatoms. The van der Waals surface area contributed by atoms with E-state index in [1.165, 1.54) is 30.5 Å². The Morgan fingerprint density at radius 3 is 2.52 bits per heavy atom. The van der Waals surface area contributed by atoms with Crippen molar-refractivity contribution < 1.29 is 19.1 Å². The zero-order chi connectivity index (χ0) is 16.7. The van der Waals surface area contributed by atoms with E-state index in [0.29, 0.717) is 5.56 Å². The van der Waals surface area contributed by atoms with Crippen LogP contribution in [0.3, 0.4) is 0 Å². The first-order valence-electron chi connectivity index (χ1n) is 6.70. The molecule has 0 heterocycles. The average Bonchev–Trinajstić information content (AvgIpc) is 2.51. The van der Waals surface area contributed by atoms with Crippen LogP contribution in [0.4, 0.5) is 10.1 Å². The van der Waals surface area contributed by atoms with Crippen molar-refractivity contribution >= 4 is 23.7 Å². The van der Waals surface area contributed by atoms with Crippen LogP contribution >= 0.6 is 0 Å². The first kappa shape index (κ1) is 16.2. The smallest absolute Gasteiger partial charge is 0.249 e. The molecule has 2 aromatic carbocycles. The third-order valence-electron chi connectivity index (χ3n) is 2.80. The fraction of sp³-hybridized carbons (Fsp3) is 0.0625. The fourth-order valence-corrected chi connectivity index (χ4v) is 1.71. The number of anilines is 1. The van der Waals surface area contributed by atoms with Gasteiger partial charge in [-0.25, -0.2) is 9.82 Å². The van der Waals surface area contributed by atoms with E-state index in [9.17, 15) is 19.1 Å². The van der Waals surface area contributed by atoms with Gasteiger partial charge < -0.3 is 10.4 Å². The Balaban J connectivity index is 1.84. The van der Waals surface area contributed by atoms with Gasteiger partial charge in [-0.05, 0) is 24.3 Å². The SMILES string of the molecule is O=C(CC(=O)Nc1ccccc1F)NN=Cc1ccccc1O. The van der Waals surface area contributed by atoms with Crippen LogP contribution in [0.25, 0.3) is 0 Å². The topological polar surface area (TPSA) is 90.8 Å². The highest BCUT2D eigenvalue weighted by Crippen LogP contribution is 2.13. The zero-order valence-corrected chi connectivity index (χ0v) is 12.0. The number of hydrazone groups is 1. The van der Waals surface area contributed by atoms with Crippen molar-refractivity contribution in [2.45, 2.75) is 6.42 Å². The number of hydrogen-bond acceptors (Lipinski definition) is 4. The highest BCUT2D eigenvalue weighted by molar-refractivity contribution is 6.03. The number of halogens is 1. The molecule has 0 fully saturated rings. The Bertz CT molecular complexity index is 747. The molecule has 2 rings (SSSR count). The number of hydrogen-bond donors (Lipinski definition) is 3. The molecular weight excluding hydrogens is 301 g/mol. The number of nitrogens with one attached hydrogen (secondary N) is 2. The number of nitrogens with zero attached hydrogens (tertiary/aromatic N) is 1. The minimum atomic E-state index is -0.662. The molecule has 0 atom stereocenters. The minimum Gasteiger partial charge on any atom is -0.507 e. The van der Waals surface area contributed by atoms with Gasteiger partial charge in [-0.3, -0.25) is 9.59 Å². The Kier molecular flexibility index (Phi) is 5.40. The van der Waals surface area contributed by atoms with E-state index in [4.69, 9.17) is 0 Å². The summed E-state index contributed by atoms with van der Waals surface area (Å²) in [6.45, 7) is 0. The molecule has 0 radical (unpaired) electrons. The van der Waals surface area contributed by atoms with Crippen LogP contribution in [0.2, 0.25) is 0 Å². The van der Waals surface area contributed by atoms with Gasteiger partial charge >= 0.3 is 0 Å². The van der Waals surface area contributed by atoms with Crippen LogP contribution in [-0.4, -0.2) is 23.1 Å². The lowest BCUT2D eigenvalue weighted by Crippen LogP contribution is -2.24. The first-order valence-corrected chi connectivity index (χ1v) is 6.70. The molecule has 0 bridgehead atoms. The van der Waals surface area contributed by atoms with Gasteiger partial charge in [-0.2, -0.15) is 5.10 Å². The molecule has 0 aliphatic carbocycles. The van der Waals surface area contributed by atoms with Crippen LogP contribution in [0, 0.1) is 5.82 Å². The van der Waals surface area contributed by atoms with Gasteiger partial charge in [-0.15, -0.1) is 0 Å². The van der Waals surface area contributed by atoms with Crippen molar-refractivity contribution in [3.63, 3.8) is 0 Å². The maximum atomic E-state index is 13.4. The van der Waals surface area contributed by atoms with E-state index >= 15 is 0 Å². The van der Waals surface area contributed by atoms with E-state index in [1.54, 1.807) is 24.3 Å². The van der Waals surface area contributed by atoms with Crippen LogP contribution in [0.1, 0.15) is 12.0 Å². The number of para-hydroxylation sites is 2. The molecule has 0 aliphatic heterocycles. The van der Waals surface area contributed by atoms with Gasteiger partial charge in [0.15, 0.2) is 0 Å². The molecule has 0 aliphatic rings. The molecule has 0 spiro atoms. The van der Waals surface area contributed by atoms with Gasteiger partial charge in [0, 0.05) is 5.56 Å². The molecule has 0 saturated carbocycles. The number of carbonyl (C=O) groups is 2. The monoisotopic (exact) mass is 315 g/mol. The number of benzene rings is 2.